The van der Waals surface area contributed by atoms with Crippen molar-refractivity contribution in [2.24, 2.45) is 0 Å². The number of hydrogen-bond donors (Lipinski definition) is 5. The Hall–Kier alpha value is -4.87. The molecular weight excluding hydrogens is 863 g/mol. The van der Waals surface area contributed by atoms with Gasteiger partial charge in [0, 0.05) is 25.6 Å². The van der Waals surface area contributed by atoms with Gasteiger partial charge in [-0.3, -0.25) is 4.79 Å². The second-order valence-electron chi connectivity index (χ2n) is 21.5. The van der Waals surface area contributed by atoms with Crippen molar-refractivity contribution < 1.29 is 52.5 Å². The third kappa shape index (κ3) is 19.2. The number of nitrogens with zero attached hydrogens (tertiary/aromatic N) is 1. The third-order valence-corrected chi connectivity index (χ3v) is 15.5. The van der Waals surface area contributed by atoms with Crippen LogP contribution in [0.2, 0.25) is 18.1 Å². The van der Waals surface area contributed by atoms with Crippen molar-refractivity contribution in [1.29, 1.82) is 0 Å². The molecule has 0 spiro atoms. The number of ether oxygens (including phenoxy) is 4. The van der Waals surface area contributed by atoms with Crippen LogP contribution >= 0.6 is 0 Å². The lowest BCUT2D eigenvalue weighted by Gasteiger charge is -2.38. The minimum atomic E-state index is -2.36. The Bertz CT molecular complexity index is 1890. The Morgan fingerprint density at radius 1 is 0.697 bits per heavy atom. The first-order valence-electron chi connectivity index (χ1n) is 23.1. The highest BCUT2D eigenvalue weighted by molar-refractivity contribution is 6.74. The van der Waals surface area contributed by atoms with Crippen LogP contribution in [0.4, 0.5) is 19.2 Å². The second-order valence-corrected chi connectivity index (χ2v) is 26.3. The Kier molecular flexibility index (Phi) is 19.9. The molecule has 0 bridgehead atoms. The van der Waals surface area contributed by atoms with E-state index in [0.717, 1.165) is 22.3 Å². The minimum Gasteiger partial charge on any atom is -0.449 e. The van der Waals surface area contributed by atoms with Gasteiger partial charge in [0.2, 0.25) is 5.91 Å². The number of nitrogens with one attached hydrogen (secondary N) is 4. The molecule has 0 aromatic heterocycles. The quantitative estimate of drug-likeness (QED) is 0.0483. The van der Waals surface area contributed by atoms with Gasteiger partial charge in [0.25, 0.3) is 0 Å². The summed E-state index contributed by atoms with van der Waals surface area (Å²) in [6, 6.07) is 14.3. The van der Waals surface area contributed by atoms with E-state index in [9.17, 15) is 29.1 Å². The predicted octanol–water partition coefficient (Wildman–Crippen LogP) is 8.61. The zero-order valence-corrected chi connectivity index (χ0v) is 43.0. The highest BCUT2D eigenvalue weighted by Crippen LogP contribution is 2.44. The Morgan fingerprint density at radius 2 is 1.23 bits per heavy atom. The number of fused-ring (bicyclic) bond motifs is 3. The number of aliphatic hydroxyl groups is 1. The molecule has 1 aliphatic rings. The lowest BCUT2D eigenvalue weighted by molar-refractivity contribution is -0.124. The largest absolute Gasteiger partial charge is 0.449 e. The van der Waals surface area contributed by atoms with Crippen LogP contribution in [0, 0.1) is 0 Å². The number of benzene rings is 2. The number of unbranched alkanes of at least 4 members (excludes halogenated alkanes) is 1. The Balaban J connectivity index is 1.84. The predicted molar refractivity (Wildman–Crippen MR) is 258 cm³/mol. The molecule has 17 heteroatoms. The molecular formula is C49H79N5O11Si. The van der Waals surface area contributed by atoms with Gasteiger partial charge in [-0.2, -0.15) is 0 Å². The number of amides is 5. The first kappa shape index (κ1) is 55.5. The summed E-state index contributed by atoms with van der Waals surface area (Å²) in [7, 11) is -2.36. The van der Waals surface area contributed by atoms with Gasteiger partial charge >= 0.3 is 24.4 Å². The van der Waals surface area contributed by atoms with Gasteiger partial charge in [0.15, 0.2) is 8.32 Å². The molecule has 370 valence electrons. The van der Waals surface area contributed by atoms with Gasteiger partial charge in [-0.25, -0.2) is 19.2 Å². The van der Waals surface area contributed by atoms with Gasteiger partial charge < -0.3 is 54.6 Å². The molecule has 0 aliphatic heterocycles. The molecule has 0 unspecified atom stereocenters. The maximum atomic E-state index is 14.4. The number of rotatable bonds is 20. The van der Waals surface area contributed by atoms with Crippen molar-refractivity contribution in [3.05, 3.63) is 59.7 Å². The van der Waals surface area contributed by atoms with Crippen molar-refractivity contribution in [2.75, 3.05) is 39.4 Å². The molecule has 2 aromatic rings. The van der Waals surface area contributed by atoms with E-state index in [4.69, 9.17) is 23.4 Å². The van der Waals surface area contributed by atoms with Gasteiger partial charge in [0.05, 0.1) is 25.3 Å². The molecule has 5 N–H and O–H groups in total. The summed E-state index contributed by atoms with van der Waals surface area (Å²) in [5.41, 5.74) is 2.02. The molecule has 2 aromatic carbocycles. The van der Waals surface area contributed by atoms with Crippen molar-refractivity contribution in [3.63, 3.8) is 0 Å². The normalized spacial score (nSPS) is 14.4. The molecule has 16 nitrogen and oxygen atoms in total. The van der Waals surface area contributed by atoms with Gasteiger partial charge in [-0.15, -0.1) is 0 Å². The van der Waals surface area contributed by atoms with Crippen LogP contribution < -0.4 is 21.3 Å². The lowest BCUT2D eigenvalue weighted by Crippen LogP contribution is -2.53. The molecule has 0 radical (unpaired) electrons. The highest BCUT2D eigenvalue weighted by atomic mass is 28.4. The summed E-state index contributed by atoms with van der Waals surface area (Å²) < 4.78 is 28.8. The number of carbonyl (C=O) groups is 5. The van der Waals surface area contributed by atoms with Crippen LogP contribution in [0.3, 0.4) is 0 Å². The van der Waals surface area contributed by atoms with Gasteiger partial charge in [-0.1, -0.05) is 69.3 Å². The fourth-order valence-corrected chi connectivity index (χ4v) is 7.83. The van der Waals surface area contributed by atoms with E-state index in [1.165, 1.54) is 4.90 Å². The standard InChI is InChI=1S/C49H79N5O11Si/c1-46(2,3)63-42(57)50-27-20-19-25-40(53-44(59)61-32-39-37-23-17-15-21-35(37)36-22-16-18-24-38(36)39)41(56)52-33(31-62-66(13,14)49(10,11)12)26-28-54(45(60)65-48(7,8)9)30-34(55)29-51-43(58)64-47(4,5)6/h15-18,21-24,33-34,39-40,55H,19-20,25-32H2,1-14H3,(H,50,57)(H,51,58)(H,52,56)(H,53,59)/t33-,34+,40-/m0/s1. The highest BCUT2D eigenvalue weighted by Gasteiger charge is 2.38. The van der Waals surface area contributed by atoms with Gasteiger partial charge in [0.1, 0.15) is 29.5 Å². The molecule has 5 amide bonds. The summed E-state index contributed by atoms with van der Waals surface area (Å²) in [4.78, 5) is 67.6. The average Bonchev–Trinajstić information content (AvgIpc) is 3.50. The van der Waals surface area contributed by atoms with Crippen molar-refractivity contribution in [1.82, 2.24) is 26.2 Å². The van der Waals surface area contributed by atoms with E-state index in [2.05, 4.69) is 67.3 Å². The number of hydrogen-bond acceptors (Lipinski definition) is 11. The van der Waals surface area contributed by atoms with Crippen molar-refractivity contribution in [3.8, 4) is 11.1 Å². The molecule has 0 fully saturated rings. The zero-order chi connectivity index (χ0) is 49.7. The first-order valence-corrected chi connectivity index (χ1v) is 26.0. The van der Waals surface area contributed by atoms with Crippen LogP contribution in [0.1, 0.15) is 126 Å². The number of carbonyl (C=O) groups excluding carboxylic acids is 5. The lowest BCUT2D eigenvalue weighted by atomic mass is 9.98. The first-order chi connectivity index (χ1) is 30.4. The SMILES string of the molecule is CC(C)(C)OC(=O)NCCCC[C@H](NC(=O)OCC1c2ccccc2-c2ccccc21)C(=O)N[C@@H](CCN(C[C@H](O)CNC(=O)OC(C)(C)C)C(=O)OC(C)(C)C)CO[Si](C)(C)C(C)(C)C. The molecule has 0 saturated heterocycles. The van der Waals surface area contributed by atoms with E-state index < -0.39 is 73.6 Å². The Labute approximate surface area is 394 Å². The number of alkyl carbamates (subject to hydrolysis) is 3. The molecule has 0 saturated carbocycles. The molecule has 66 heavy (non-hydrogen) atoms. The van der Waals surface area contributed by atoms with Gasteiger partial charge in [-0.05, 0) is 128 Å². The van der Waals surface area contributed by atoms with E-state index in [0.29, 0.717) is 12.8 Å². The second kappa shape index (κ2) is 23.7. The molecule has 0 heterocycles. The van der Waals surface area contributed by atoms with Crippen LogP contribution in [0.25, 0.3) is 11.1 Å². The number of aliphatic hydroxyl groups excluding tert-OH is 1. The summed E-state index contributed by atoms with van der Waals surface area (Å²) in [6.07, 6.45) is -2.56. The molecule has 1 aliphatic carbocycles. The van der Waals surface area contributed by atoms with E-state index in [1.807, 2.05) is 36.4 Å². The summed E-state index contributed by atoms with van der Waals surface area (Å²) in [6.45, 7) is 26.3. The molecule has 3 atom stereocenters. The van der Waals surface area contributed by atoms with E-state index in [1.54, 1.807) is 62.3 Å². The topological polar surface area (TPSA) is 203 Å². The maximum Gasteiger partial charge on any atom is 0.410 e. The summed E-state index contributed by atoms with van der Waals surface area (Å²) >= 11 is 0. The fourth-order valence-electron chi connectivity index (χ4n) is 6.78. The van der Waals surface area contributed by atoms with Crippen LogP contribution in [0.15, 0.2) is 48.5 Å². The maximum absolute atomic E-state index is 14.4. The van der Waals surface area contributed by atoms with Crippen LogP contribution in [-0.2, 0) is 28.2 Å². The van der Waals surface area contributed by atoms with E-state index in [-0.39, 0.29) is 63.2 Å². The summed E-state index contributed by atoms with van der Waals surface area (Å²) in [5, 5.41) is 22.0. The zero-order valence-electron chi connectivity index (χ0n) is 42.0. The average molecular weight is 942 g/mol. The monoisotopic (exact) mass is 942 g/mol. The van der Waals surface area contributed by atoms with E-state index >= 15 is 0 Å². The van der Waals surface area contributed by atoms with Crippen molar-refractivity contribution >= 4 is 38.6 Å². The third-order valence-electron chi connectivity index (χ3n) is 11.0. The summed E-state index contributed by atoms with van der Waals surface area (Å²) in [5.74, 6) is -0.677. The van der Waals surface area contributed by atoms with Crippen molar-refractivity contribution in [2.45, 2.75) is 168 Å². The van der Waals surface area contributed by atoms with Crippen LogP contribution in [-0.4, -0.2) is 123 Å². The minimum absolute atomic E-state index is 0.0328. The molecule has 3 rings (SSSR count). The van der Waals surface area contributed by atoms with Crippen LogP contribution in [0.5, 0.6) is 0 Å². The fraction of sp³-hybridized carbons (Fsp3) is 0.653. The Morgan fingerprint density at radius 3 is 1.76 bits per heavy atom. The smallest absolute Gasteiger partial charge is 0.410 e.